The van der Waals surface area contributed by atoms with E-state index in [1.165, 1.54) is 16.6 Å². The second kappa shape index (κ2) is 7.91. The number of furan rings is 1. The third-order valence-corrected chi connectivity index (χ3v) is 4.78. The molecule has 0 atom stereocenters. The predicted molar refractivity (Wildman–Crippen MR) is 105 cm³/mol. The van der Waals surface area contributed by atoms with E-state index in [1.54, 1.807) is 0 Å². The number of aromatic nitrogens is 1. The smallest absolute Gasteiger partial charge is 0.204 e. The highest BCUT2D eigenvalue weighted by Crippen LogP contribution is 2.33. The van der Waals surface area contributed by atoms with E-state index in [0.29, 0.717) is 0 Å². The van der Waals surface area contributed by atoms with Gasteiger partial charge in [-0.2, -0.15) is 0 Å². The molecule has 2 aromatic heterocycles. The Hall–Kier alpha value is -3.02. The van der Waals surface area contributed by atoms with E-state index in [1.807, 2.05) is 25.3 Å². The minimum atomic E-state index is 0.250. The molecule has 0 saturated carbocycles. The van der Waals surface area contributed by atoms with Gasteiger partial charge >= 0.3 is 0 Å². The SMILES string of the molecule is Cc1oc2c(N3CCN(c4ccccn4)CC3)cccc2c1C.NC=O. The highest BCUT2D eigenvalue weighted by atomic mass is 16.3. The van der Waals surface area contributed by atoms with Crippen LogP contribution in [0.25, 0.3) is 11.0 Å². The van der Waals surface area contributed by atoms with Crippen LogP contribution >= 0.6 is 0 Å². The first-order valence-electron chi connectivity index (χ1n) is 8.70. The summed E-state index contributed by atoms with van der Waals surface area (Å²) in [6.45, 7) is 8.09. The predicted octanol–water partition coefficient (Wildman–Crippen LogP) is 2.87. The van der Waals surface area contributed by atoms with Crippen LogP contribution in [0.2, 0.25) is 0 Å². The van der Waals surface area contributed by atoms with Gasteiger partial charge in [-0.25, -0.2) is 4.98 Å². The fourth-order valence-corrected chi connectivity index (χ4v) is 3.31. The van der Waals surface area contributed by atoms with Crippen LogP contribution in [0.3, 0.4) is 0 Å². The van der Waals surface area contributed by atoms with Gasteiger partial charge in [0.15, 0.2) is 5.58 Å². The molecule has 1 aliphatic heterocycles. The molecule has 6 heteroatoms. The second-order valence-corrected chi connectivity index (χ2v) is 6.24. The third kappa shape index (κ3) is 3.49. The molecule has 1 aromatic carbocycles. The van der Waals surface area contributed by atoms with Crippen molar-refractivity contribution in [2.45, 2.75) is 13.8 Å². The zero-order valence-corrected chi connectivity index (χ0v) is 15.2. The first-order valence-corrected chi connectivity index (χ1v) is 8.70. The van der Waals surface area contributed by atoms with Crippen LogP contribution in [-0.2, 0) is 4.79 Å². The third-order valence-electron chi connectivity index (χ3n) is 4.78. The molecule has 136 valence electrons. The van der Waals surface area contributed by atoms with Crippen molar-refractivity contribution in [1.82, 2.24) is 4.98 Å². The number of carbonyl (C=O) groups is 1. The van der Waals surface area contributed by atoms with Crippen LogP contribution in [0.4, 0.5) is 11.5 Å². The summed E-state index contributed by atoms with van der Waals surface area (Å²) in [6.07, 6.45) is 2.11. The molecule has 1 aliphatic rings. The summed E-state index contributed by atoms with van der Waals surface area (Å²) in [5.74, 6) is 2.08. The van der Waals surface area contributed by atoms with Gasteiger partial charge in [-0.1, -0.05) is 18.2 Å². The van der Waals surface area contributed by atoms with Crippen LogP contribution in [-0.4, -0.2) is 37.6 Å². The van der Waals surface area contributed by atoms with E-state index in [0.717, 1.165) is 43.3 Å². The Bertz CT molecular complexity index is 868. The van der Waals surface area contributed by atoms with E-state index in [4.69, 9.17) is 9.21 Å². The molecule has 6 nitrogen and oxygen atoms in total. The lowest BCUT2D eigenvalue weighted by Crippen LogP contribution is -2.46. The summed E-state index contributed by atoms with van der Waals surface area (Å²) in [5, 5.41) is 1.23. The molecule has 1 amide bonds. The maximum atomic E-state index is 8.58. The van der Waals surface area contributed by atoms with E-state index >= 15 is 0 Å². The average molecular weight is 352 g/mol. The quantitative estimate of drug-likeness (QED) is 0.718. The highest BCUT2D eigenvalue weighted by Gasteiger charge is 2.21. The first-order chi connectivity index (χ1) is 12.7. The van der Waals surface area contributed by atoms with E-state index < -0.39 is 0 Å². The number of para-hydroxylation sites is 1. The van der Waals surface area contributed by atoms with Gasteiger partial charge in [0.2, 0.25) is 6.41 Å². The summed E-state index contributed by atoms with van der Waals surface area (Å²) in [4.78, 5) is 17.8. The number of hydrogen-bond donors (Lipinski definition) is 1. The molecule has 0 bridgehead atoms. The molecular weight excluding hydrogens is 328 g/mol. The Kier molecular flexibility index (Phi) is 5.41. The van der Waals surface area contributed by atoms with E-state index in [9.17, 15) is 0 Å². The van der Waals surface area contributed by atoms with Crippen molar-refractivity contribution >= 4 is 28.9 Å². The minimum Gasteiger partial charge on any atom is -0.459 e. The van der Waals surface area contributed by atoms with Gasteiger partial charge in [0.05, 0.1) is 5.69 Å². The Balaban J connectivity index is 0.000000613. The molecule has 3 heterocycles. The standard InChI is InChI=1S/C19H21N3O.CH3NO/c1-14-15(2)23-19-16(14)6-5-7-17(19)21-10-12-22(13-11-21)18-8-3-4-9-20-18;2-1-3/h3-9H,10-13H2,1-2H3;1H,(H2,2,3). The first kappa shape index (κ1) is 17.8. The van der Waals surface area contributed by atoms with Crippen molar-refractivity contribution < 1.29 is 9.21 Å². The highest BCUT2D eigenvalue weighted by molar-refractivity contribution is 5.92. The lowest BCUT2D eigenvalue weighted by atomic mass is 10.1. The number of primary amides is 1. The number of aryl methyl sites for hydroxylation is 2. The van der Waals surface area contributed by atoms with Gasteiger partial charge in [-0.3, -0.25) is 4.79 Å². The molecule has 1 saturated heterocycles. The number of carbonyl (C=O) groups excluding carboxylic acids is 1. The molecule has 1 fully saturated rings. The normalized spacial score (nSPS) is 14.1. The molecule has 3 aromatic rings. The van der Waals surface area contributed by atoms with Crippen molar-refractivity contribution in [3.05, 3.63) is 53.9 Å². The van der Waals surface area contributed by atoms with Gasteiger partial charge in [0.1, 0.15) is 11.6 Å². The van der Waals surface area contributed by atoms with E-state index in [2.05, 4.69) is 51.7 Å². The number of amides is 1. The fraction of sp³-hybridized carbons (Fsp3) is 0.300. The molecule has 0 spiro atoms. The molecule has 0 unspecified atom stereocenters. The monoisotopic (exact) mass is 352 g/mol. The number of piperazine rings is 1. The number of nitrogens with two attached hydrogens (primary N) is 1. The molecule has 0 radical (unpaired) electrons. The van der Waals surface area contributed by atoms with Gasteiger partial charge in [0.25, 0.3) is 0 Å². The van der Waals surface area contributed by atoms with Gasteiger partial charge < -0.3 is 20.0 Å². The summed E-state index contributed by atoms with van der Waals surface area (Å²) < 4.78 is 6.03. The zero-order valence-electron chi connectivity index (χ0n) is 15.2. The Morgan fingerprint density at radius 2 is 1.73 bits per heavy atom. The summed E-state index contributed by atoms with van der Waals surface area (Å²) >= 11 is 0. The van der Waals surface area contributed by atoms with Crippen molar-refractivity contribution in [1.29, 1.82) is 0 Å². The number of benzene rings is 1. The van der Waals surface area contributed by atoms with Crippen molar-refractivity contribution in [2.75, 3.05) is 36.0 Å². The summed E-state index contributed by atoms with van der Waals surface area (Å²) in [6, 6.07) is 12.5. The lowest BCUT2D eigenvalue weighted by Gasteiger charge is -2.36. The zero-order chi connectivity index (χ0) is 18.5. The molecule has 0 aliphatic carbocycles. The molecule has 2 N–H and O–H groups in total. The lowest BCUT2D eigenvalue weighted by molar-refractivity contribution is -0.106. The number of hydrogen-bond acceptors (Lipinski definition) is 5. The van der Waals surface area contributed by atoms with Gasteiger partial charge in [-0.15, -0.1) is 0 Å². The topological polar surface area (TPSA) is 75.6 Å². The summed E-state index contributed by atoms with van der Waals surface area (Å²) in [5.41, 5.74) is 7.64. The number of pyridine rings is 1. The van der Waals surface area contributed by atoms with Crippen LogP contribution in [0, 0.1) is 13.8 Å². The maximum Gasteiger partial charge on any atom is 0.204 e. The van der Waals surface area contributed by atoms with Gasteiger partial charge in [0, 0.05) is 37.8 Å². The van der Waals surface area contributed by atoms with Crippen LogP contribution < -0.4 is 15.5 Å². The largest absolute Gasteiger partial charge is 0.459 e. The number of rotatable bonds is 2. The fourth-order valence-electron chi connectivity index (χ4n) is 3.31. The van der Waals surface area contributed by atoms with E-state index in [-0.39, 0.29) is 6.41 Å². The number of nitrogens with zero attached hydrogens (tertiary/aromatic N) is 3. The van der Waals surface area contributed by atoms with Crippen molar-refractivity contribution in [3.8, 4) is 0 Å². The summed E-state index contributed by atoms with van der Waals surface area (Å²) in [7, 11) is 0. The minimum absolute atomic E-state index is 0.250. The molecular formula is C20H24N4O2. The molecule has 26 heavy (non-hydrogen) atoms. The van der Waals surface area contributed by atoms with Crippen molar-refractivity contribution in [2.24, 2.45) is 5.73 Å². The maximum absolute atomic E-state index is 8.58. The Morgan fingerprint density at radius 1 is 1.04 bits per heavy atom. The Morgan fingerprint density at radius 3 is 2.38 bits per heavy atom. The van der Waals surface area contributed by atoms with Gasteiger partial charge in [-0.05, 0) is 37.6 Å². The number of anilines is 2. The Labute approximate surface area is 153 Å². The number of fused-ring (bicyclic) bond motifs is 1. The van der Waals surface area contributed by atoms with Crippen LogP contribution in [0.15, 0.2) is 47.0 Å². The van der Waals surface area contributed by atoms with Crippen LogP contribution in [0.5, 0.6) is 0 Å². The van der Waals surface area contributed by atoms with Crippen LogP contribution in [0.1, 0.15) is 11.3 Å². The van der Waals surface area contributed by atoms with Crippen molar-refractivity contribution in [3.63, 3.8) is 0 Å². The second-order valence-electron chi connectivity index (χ2n) is 6.24. The average Bonchev–Trinajstić information content (AvgIpc) is 2.98. The molecule has 4 rings (SSSR count).